The Morgan fingerprint density at radius 3 is 2.94 bits per heavy atom. The molecule has 0 aliphatic carbocycles. The van der Waals surface area contributed by atoms with Crippen LogP contribution in [0.5, 0.6) is 0 Å². The summed E-state index contributed by atoms with van der Waals surface area (Å²) in [6.45, 7) is 6.62. The average molecular weight is 252 g/mol. The van der Waals surface area contributed by atoms with Crippen LogP contribution in [0.4, 0.5) is 0 Å². The van der Waals surface area contributed by atoms with Crippen LogP contribution in [0, 0.1) is 0 Å². The SMILES string of the molecule is C=CC(C)NCc1sc2ccccc2c1Cl. The van der Waals surface area contributed by atoms with E-state index in [4.69, 9.17) is 11.6 Å². The van der Waals surface area contributed by atoms with E-state index in [9.17, 15) is 0 Å². The molecule has 0 spiro atoms. The van der Waals surface area contributed by atoms with E-state index in [1.807, 2.05) is 18.2 Å². The molecule has 0 saturated carbocycles. The molecule has 2 rings (SSSR count). The van der Waals surface area contributed by atoms with E-state index in [1.165, 1.54) is 9.58 Å². The first-order chi connectivity index (χ1) is 7.72. The molecule has 0 aliphatic rings. The molecule has 1 atom stereocenters. The molecule has 0 saturated heterocycles. The number of thiophene rings is 1. The summed E-state index contributed by atoms with van der Waals surface area (Å²) in [5.41, 5.74) is 0. The number of hydrogen-bond acceptors (Lipinski definition) is 2. The zero-order valence-electron chi connectivity index (χ0n) is 9.16. The number of rotatable bonds is 4. The fourth-order valence-corrected chi connectivity index (χ4v) is 2.97. The molecule has 0 aliphatic heterocycles. The Labute approximate surface area is 105 Å². The van der Waals surface area contributed by atoms with Gasteiger partial charge in [-0.3, -0.25) is 0 Å². The fourth-order valence-electron chi connectivity index (χ4n) is 1.52. The molecule has 2 aromatic rings. The highest BCUT2D eigenvalue weighted by Crippen LogP contribution is 2.34. The van der Waals surface area contributed by atoms with Gasteiger partial charge in [-0.1, -0.05) is 35.9 Å². The summed E-state index contributed by atoms with van der Waals surface area (Å²) >= 11 is 8.08. The Hall–Kier alpha value is -0.830. The van der Waals surface area contributed by atoms with Gasteiger partial charge >= 0.3 is 0 Å². The van der Waals surface area contributed by atoms with E-state index in [2.05, 4.69) is 31.0 Å². The number of nitrogens with one attached hydrogen (secondary N) is 1. The lowest BCUT2D eigenvalue weighted by Crippen LogP contribution is -2.22. The molecule has 16 heavy (non-hydrogen) atoms. The van der Waals surface area contributed by atoms with Gasteiger partial charge in [0.25, 0.3) is 0 Å². The van der Waals surface area contributed by atoms with Crippen molar-refractivity contribution in [2.24, 2.45) is 0 Å². The molecule has 1 aromatic heterocycles. The van der Waals surface area contributed by atoms with Crippen molar-refractivity contribution in [3.8, 4) is 0 Å². The van der Waals surface area contributed by atoms with Crippen molar-refractivity contribution in [3.05, 3.63) is 46.8 Å². The van der Waals surface area contributed by atoms with Crippen molar-refractivity contribution in [1.82, 2.24) is 5.32 Å². The van der Waals surface area contributed by atoms with Gasteiger partial charge in [-0.15, -0.1) is 17.9 Å². The van der Waals surface area contributed by atoms with Crippen LogP contribution in [-0.2, 0) is 6.54 Å². The second-order valence-electron chi connectivity index (χ2n) is 3.74. The quantitative estimate of drug-likeness (QED) is 0.803. The number of halogens is 1. The minimum Gasteiger partial charge on any atom is -0.306 e. The van der Waals surface area contributed by atoms with E-state index in [0.717, 1.165) is 17.0 Å². The maximum absolute atomic E-state index is 6.33. The highest BCUT2D eigenvalue weighted by molar-refractivity contribution is 7.19. The number of benzene rings is 1. The van der Waals surface area contributed by atoms with Gasteiger partial charge < -0.3 is 5.32 Å². The molecule has 0 amide bonds. The van der Waals surface area contributed by atoms with Gasteiger partial charge in [0.15, 0.2) is 0 Å². The molecule has 84 valence electrons. The van der Waals surface area contributed by atoms with Gasteiger partial charge in [0.2, 0.25) is 0 Å². The van der Waals surface area contributed by atoms with Gasteiger partial charge in [0.1, 0.15) is 0 Å². The Bertz CT molecular complexity index is 504. The first-order valence-electron chi connectivity index (χ1n) is 5.24. The minimum atomic E-state index is 0.307. The molecule has 1 nitrogen and oxygen atoms in total. The van der Waals surface area contributed by atoms with Crippen molar-refractivity contribution >= 4 is 33.0 Å². The van der Waals surface area contributed by atoms with Crippen LogP contribution < -0.4 is 5.32 Å². The van der Waals surface area contributed by atoms with Crippen LogP contribution >= 0.6 is 22.9 Å². The van der Waals surface area contributed by atoms with Crippen molar-refractivity contribution in [2.45, 2.75) is 19.5 Å². The molecule has 1 unspecified atom stereocenters. The summed E-state index contributed by atoms with van der Waals surface area (Å²) in [4.78, 5) is 1.19. The lowest BCUT2D eigenvalue weighted by Gasteiger charge is -2.07. The Balaban J connectivity index is 2.24. The van der Waals surface area contributed by atoms with Gasteiger partial charge in [-0.05, 0) is 13.0 Å². The topological polar surface area (TPSA) is 12.0 Å². The molecule has 0 radical (unpaired) electrons. The predicted molar refractivity (Wildman–Crippen MR) is 73.3 cm³/mol. The van der Waals surface area contributed by atoms with Crippen LogP contribution in [0.1, 0.15) is 11.8 Å². The Kier molecular flexibility index (Phi) is 3.64. The first kappa shape index (κ1) is 11.6. The summed E-state index contributed by atoms with van der Waals surface area (Å²) in [6.07, 6.45) is 1.89. The van der Waals surface area contributed by atoms with Crippen LogP contribution in [0.25, 0.3) is 10.1 Å². The summed E-state index contributed by atoms with van der Waals surface area (Å²) in [5, 5.41) is 5.39. The summed E-state index contributed by atoms with van der Waals surface area (Å²) < 4.78 is 1.25. The van der Waals surface area contributed by atoms with E-state index in [0.29, 0.717) is 6.04 Å². The predicted octanol–water partition coefficient (Wildman–Crippen LogP) is 4.22. The molecule has 3 heteroatoms. The zero-order chi connectivity index (χ0) is 11.5. The third-order valence-corrected chi connectivity index (χ3v) is 4.25. The van der Waals surface area contributed by atoms with Crippen LogP contribution in [0.2, 0.25) is 5.02 Å². The van der Waals surface area contributed by atoms with Gasteiger partial charge in [-0.2, -0.15) is 0 Å². The molecule has 1 N–H and O–H groups in total. The van der Waals surface area contributed by atoms with E-state index in [-0.39, 0.29) is 0 Å². The smallest absolute Gasteiger partial charge is 0.0636 e. The normalized spacial score (nSPS) is 12.9. The third kappa shape index (κ3) is 2.29. The highest BCUT2D eigenvalue weighted by atomic mass is 35.5. The third-order valence-electron chi connectivity index (χ3n) is 2.54. The Morgan fingerprint density at radius 2 is 2.25 bits per heavy atom. The van der Waals surface area contributed by atoms with E-state index < -0.39 is 0 Å². The van der Waals surface area contributed by atoms with E-state index >= 15 is 0 Å². The van der Waals surface area contributed by atoms with Crippen LogP contribution in [0.3, 0.4) is 0 Å². The molecule has 0 fully saturated rings. The summed E-state index contributed by atoms with van der Waals surface area (Å²) in [5.74, 6) is 0. The molecule has 1 heterocycles. The fraction of sp³-hybridized carbons (Fsp3) is 0.231. The summed E-state index contributed by atoms with van der Waals surface area (Å²) in [7, 11) is 0. The average Bonchev–Trinajstić information content (AvgIpc) is 2.64. The van der Waals surface area contributed by atoms with Crippen molar-refractivity contribution in [3.63, 3.8) is 0 Å². The molecule has 0 bridgehead atoms. The van der Waals surface area contributed by atoms with Crippen molar-refractivity contribution in [1.29, 1.82) is 0 Å². The lowest BCUT2D eigenvalue weighted by atomic mass is 10.2. The first-order valence-corrected chi connectivity index (χ1v) is 6.43. The monoisotopic (exact) mass is 251 g/mol. The molecular weight excluding hydrogens is 238 g/mol. The molecular formula is C13H14ClNS. The van der Waals surface area contributed by atoms with E-state index in [1.54, 1.807) is 11.3 Å². The Morgan fingerprint density at radius 1 is 1.50 bits per heavy atom. The summed E-state index contributed by atoms with van der Waals surface area (Å²) in [6, 6.07) is 8.53. The second-order valence-corrected chi connectivity index (χ2v) is 5.26. The number of fused-ring (bicyclic) bond motifs is 1. The second kappa shape index (κ2) is 5.00. The number of hydrogen-bond donors (Lipinski definition) is 1. The van der Waals surface area contributed by atoms with Crippen LogP contribution in [-0.4, -0.2) is 6.04 Å². The highest BCUT2D eigenvalue weighted by Gasteiger charge is 2.09. The van der Waals surface area contributed by atoms with Crippen LogP contribution in [0.15, 0.2) is 36.9 Å². The maximum atomic E-state index is 6.33. The zero-order valence-corrected chi connectivity index (χ0v) is 10.7. The van der Waals surface area contributed by atoms with Gasteiger partial charge in [-0.25, -0.2) is 0 Å². The van der Waals surface area contributed by atoms with Crippen molar-refractivity contribution < 1.29 is 0 Å². The minimum absolute atomic E-state index is 0.307. The lowest BCUT2D eigenvalue weighted by molar-refractivity contribution is 0.640. The van der Waals surface area contributed by atoms with Crippen molar-refractivity contribution in [2.75, 3.05) is 0 Å². The standard InChI is InChI=1S/C13H14ClNS/c1-3-9(2)15-8-12-13(14)10-6-4-5-7-11(10)16-12/h3-7,9,15H,1,8H2,2H3. The van der Waals surface area contributed by atoms with Gasteiger partial charge in [0, 0.05) is 27.5 Å². The molecule has 1 aromatic carbocycles. The maximum Gasteiger partial charge on any atom is 0.0636 e. The largest absolute Gasteiger partial charge is 0.306 e. The van der Waals surface area contributed by atoms with Gasteiger partial charge in [0.05, 0.1) is 5.02 Å².